The molecule has 3 N–H and O–H groups in total. The summed E-state index contributed by atoms with van der Waals surface area (Å²) in [4.78, 5) is 24.8. The molecule has 1 amide bonds. The number of carbonyl (C=O) groups is 2. The SMILES string of the molecule is COP(=O)(C#Cc1cc(Cl)c(C(=O)N[C@@H](Cc2cccc(S(C)(=O)=O)c2)C(=O)O)c(Cl)c1)c1cccc(O)c1. The van der Waals surface area contributed by atoms with E-state index in [-0.39, 0.29) is 43.5 Å². The number of hydrogen-bond donors (Lipinski definition) is 3. The van der Waals surface area contributed by atoms with Gasteiger partial charge in [-0.2, -0.15) is 0 Å². The third-order valence-electron chi connectivity index (χ3n) is 5.41. The summed E-state index contributed by atoms with van der Waals surface area (Å²) in [5.74, 6) is 0.300. The summed E-state index contributed by atoms with van der Waals surface area (Å²) in [5, 5.41) is 21.6. The van der Waals surface area contributed by atoms with E-state index in [1.54, 1.807) is 6.07 Å². The Balaban J connectivity index is 1.86. The van der Waals surface area contributed by atoms with Crippen molar-refractivity contribution in [2.45, 2.75) is 17.4 Å². The summed E-state index contributed by atoms with van der Waals surface area (Å²) >= 11 is 12.6. The summed E-state index contributed by atoms with van der Waals surface area (Å²) < 4.78 is 41.9. The first-order valence-electron chi connectivity index (χ1n) is 11.0. The van der Waals surface area contributed by atoms with Crippen molar-refractivity contribution in [3.63, 3.8) is 0 Å². The fourth-order valence-corrected chi connectivity index (χ4v) is 6.10. The van der Waals surface area contributed by atoms with E-state index < -0.39 is 35.1 Å². The van der Waals surface area contributed by atoms with E-state index in [9.17, 15) is 32.8 Å². The number of amides is 1. The molecule has 13 heteroatoms. The molecule has 0 saturated heterocycles. The predicted molar refractivity (Wildman–Crippen MR) is 148 cm³/mol. The van der Waals surface area contributed by atoms with Crippen LogP contribution in [0.1, 0.15) is 21.5 Å². The van der Waals surface area contributed by atoms with Gasteiger partial charge in [-0.15, -0.1) is 0 Å². The molecule has 39 heavy (non-hydrogen) atoms. The van der Waals surface area contributed by atoms with Crippen LogP contribution in [0.15, 0.2) is 65.6 Å². The number of carboxylic acid groups (broad SMARTS) is 1. The Bertz CT molecular complexity index is 1640. The third-order valence-corrected chi connectivity index (χ3v) is 9.00. The Morgan fingerprint density at radius 2 is 1.72 bits per heavy atom. The Hall–Kier alpha value is -3.32. The molecule has 3 rings (SSSR count). The van der Waals surface area contributed by atoms with Crippen molar-refractivity contribution < 1.29 is 37.3 Å². The fourth-order valence-electron chi connectivity index (χ4n) is 3.46. The average Bonchev–Trinajstić information content (AvgIpc) is 2.86. The van der Waals surface area contributed by atoms with E-state index in [0.717, 1.165) is 6.26 Å². The number of hydrogen-bond acceptors (Lipinski definition) is 7. The van der Waals surface area contributed by atoms with Gasteiger partial charge in [-0.3, -0.25) is 9.36 Å². The second kappa shape index (κ2) is 12.2. The largest absolute Gasteiger partial charge is 0.508 e. The van der Waals surface area contributed by atoms with E-state index >= 15 is 0 Å². The summed E-state index contributed by atoms with van der Waals surface area (Å²) in [7, 11) is -5.98. The maximum atomic E-state index is 13.1. The van der Waals surface area contributed by atoms with Gasteiger partial charge in [0.05, 0.1) is 25.8 Å². The zero-order chi connectivity index (χ0) is 29.0. The summed E-state index contributed by atoms with van der Waals surface area (Å²) in [6.45, 7) is 0. The molecule has 204 valence electrons. The van der Waals surface area contributed by atoms with Crippen LogP contribution in [0.5, 0.6) is 5.75 Å². The normalized spacial score (nSPS) is 13.4. The second-order valence-corrected chi connectivity index (χ2v) is 13.3. The Kier molecular flexibility index (Phi) is 9.49. The van der Waals surface area contributed by atoms with Crippen LogP contribution in [-0.2, 0) is 30.1 Å². The molecule has 3 aromatic rings. The van der Waals surface area contributed by atoms with Crippen LogP contribution in [0, 0.1) is 11.6 Å². The maximum absolute atomic E-state index is 13.1. The molecule has 0 bridgehead atoms. The molecule has 0 spiro atoms. The Labute approximate surface area is 235 Å². The second-order valence-electron chi connectivity index (χ2n) is 8.29. The van der Waals surface area contributed by atoms with E-state index in [2.05, 4.69) is 16.9 Å². The lowest BCUT2D eigenvalue weighted by molar-refractivity contribution is -0.139. The fraction of sp³-hybridized carbons (Fsp3) is 0.154. The van der Waals surface area contributed by atoms with Crippen LogP contribution in [0.4, 0.5) is 0 Å². The minimum absolute atomic E-state index is 0.0142. The molecular weight excluding hydrogens is 588 g/mol. The Morgan fingerprint density at radius 1 is 1.08 bits per heavy atom. The van der Waals surface area contributed by atoms with Crippen molar-refractivity contribution in [3.8, 4) is 17.3 Å². The maximum Gasteiger partial charge on any atom is 0.326 e. The molecule has 0 aliphatic heterocycles. The van der Waals surface area contributed by atoms with E-state index in [1.807, 2.05) is 0 Å². The lowest BCUT2D eigenvalue weighted by atomic mass is 10.0. The minimum atomic E-state index is -3.67. The van der Waals surface area contributed by atoms with Gasteiger partial charge in [0.15, 0.2) is 9.84 Å². The molecule has 0 heterocycles. The van der Waals surface area contributed by atoms with E-state index in [1.165, 1.54) is 61.7 Å². The lowest BCUT2D eigenvalue weighted by Crippen LogP contribution is -2.42. The van der Waals surface area contributed by atoms with Gasteiger partial charge in [0.1, 0.15) is 11.8 Å². The number of phenolic OH excluding ortho intramolecular Hbond substituents is 1. The van der Waals surface area contributed by atoms with Crippen LogP contribution >= 0.6 is 30.6 Å². The van der Waals surface area contributed by atoms with Crippen molar-refractivity contribution >= 4 is 57.6 Å². The molecule has 0 aliphatic rings. The van der Waals surface area contributed by atoms with E-state index in [0.29, 0.717) is 5.56 Å². The summed E-state index contributed by atoms with van der Waals surface area (Å²) in [6.07, 6.45) is 0.825. The molecular formula is C26H22Cl2NO8PS. The van der Waals surface area contributed by atoms with Gasteiger partial charge in [-0.1, -0.05) is 47.3 Å². The molecule has 9 nitrogen and oxygen atoms in total. The van der Waals surface area contributed by atoms with Crippen molar-refractivity contribution in [2.24, 2.45) is 0 Å². The molecule has 1 unspecified atom stereocenters. The molecule has 3 aromatic carbocycles. The lowest BCUT2D eigenvalue weighted by Gasteiger charge is -2.16. The number of halogens is 2. The number of carbonyl (C=O) groups excluding carboxylic acids is 1. The van der Waals surface area contributed by atoms with Gasteiger partial charge in [0.25, 0.3) is 5.91 Å². The van der Waals surface area contributed by atoms with Crippen LogP contribution in [-0.4, -0.2) is 49.9 Å². The number of benzene rings is 3. The molecule has 0 fully saturated rings. The zero-order valence-corrected chi connectivity index (χ0v) is 23.7. The first-order valence-corrected chi connectivity index (χ1v) is 15.3. The van der Waals surface area contributed by atoms with Gasteiger partial charge >= 0.3 is 13.3 Å². The van der Waals surface area contributed by atoms with Gasteiger partial charge in [0.2, 0.25) is 0 Å². The smallest absolute Gasteiger partial charge is 0.326 e. The number of carboxylic acids is 1. The van der Waals surface area contributed by atoms with Gasteiger partial charge < -0.3 is 20.1 Å². The topological polar surface area (TPSA) is 147 Å². The van der Waals surface area contributed by atoms with Crippen molar-refractivity contribution in [2.75, 3.05) is 13.4 Å². The Morgan fingerprint density at radius 3 is 2.28 bits per heavy atom. The summed E-state index contributed by atoms with van der Waals surface area (Å²) in [5.41, 5.74) is 2.90. The number of sulfone groups is 1. The predicted octanol–water partition coefficient (Wildman–Crippen LogP) is 4.09. The number of nitrogens with one attached hydrogen (secondary N) is 1. The van der Waals surface area contributed by atoms with Crippen LogP contribution in [0.3, 0.4) is 0 Å². The quantitative estimate of drug-likeness (QED) is 0.255. The molecule has 0 aliphatic carbocycles. The highest BCUT2D eigenvalue weighted by molar-refractivity contribution is 7.90. The first-order chi connectivity index (χ1) is 18.2. The van der Waals surface area contributed by atoms with Crippen molar-refractivity contribution in [1.29, 1.82) is 0 Å². The molecule has 2 atom stereocenters. The summed E-state index contributed by atoms with van der Waals surface area (Å²) in [6, 6.07) is 12.6. The first kappa shape index (κ1) is 30.2. The minimum Gasteiger partial charge on any atom is -0.508 e. The highest BCUT2D eigenvalue weighted by Crippen LogP contribution is 2.44. The average molecular weight is 610 g/mol. The van der Waals surface area contributed by atoms with E-state index in [4.69, 9.17) is 27.7 Å². The number of aromatic hydroxyl groups is 1. The third kappa shape index (κ3) is 7.63. The number of aliphatic carboxylic acids is 1. The molecule has 0 aromatic heterocycles. The van der Waals surface area contributed by atoms with Gasteiger partial charge in [-0.05, 0) is 53.7 Å². The molecule has 0 radical (unpaired) electrons. The molecule has 0 saturated carbocycles. The van der Waals surface area contributed by atoms with Gasteiger partial charge in [0, 0.05) is 25.3 Å². The highest BCUT2D eigenvalue weighted by Gasteiger charge is 2.25. The van der Waals surface area contributed by atoms with Gasteiger partial charge in [-0.25, -0.2) is 13.2 Å². The number of phenols is 1. The van der Waals surface area contributed by atoms with Crippen LogP contribution in [0.2, 0.25) is 10.0 Å². The highest BCUT2D eigenvalue weighted by atomic mass is 35.5. The monoisotopic (exact) mass is 609 g/mol. The van der Waals surface area contributed by atoms with Crippen molar-refractivity contribution in [3.05, 3.63) is 87.4 Å². The number of rotatable bonds is 8. The zero-order valence-electron chi connectivity index (χ0n) is 20.5. The van der Waals surface area contributed by atoms with Crippen LogP contribution in [0.25, 0.3) is 0 Å². The van der Waals surface area contributed by atoms with Crippen LogP contribution < -0.4 is 10.6 Å². The van der Waals surface area contributed by atoms with Crippen molar-refractivity contribution in [1.82, 2.24) is 5.32 Å². The standard InChI is InChI=1S/C26H22Cl2NO8PS/c1-37-38(34,19-7-4-6-18(30)15-19)10-9-17-12-21(27)24(22(28)13-17)25(31)29-23(26(32)33)14-16-5-3-8-20(11-16)39(2,35)36/h3-8,11-13,15,23,30H,14H2,1-2H3,(H,29,31)(H,32,33)/t23-,38?/m0/s1.